The molecule has 1 aliphatic heterocycles. The number of furan rings is 1. The van der Waals surface area contributed by atoms with Gasteiger partial charge in [0.25, 0.3) is 5.91 Å². The Morgan fingerprint density at radius 1 is 1.10 bits per heavy atom. The molecule has 0 bridgehead atoms. The molecule has 0 N–H and O–H groups in total. The number of rotatable bonds is 6. The van der Waals surface area contributed by atoms with E-state index in [9.17, 15) is 9.18 Å². The number of amides is 1. The Morgan fingerprint density at radius 3 is 2.57 bits per heavy atom. The highest BCUT2D eigenvalue weighted by Gasteiger charge is 2.30. The van der Waals surface area contributed by atoms with Gasteiger partial charge in [-0.25, -0.2) is 4.39 Å². The molecule has 0 radical (unpaired) electrons. The van der Waals surface area contributed by atoms with Gasteiger partial charge < -0.3 is 18.8 Å². The number of benzene rings is 2. The lowest BCUT2D eigenvalue weighted by Crippen LogP contribution is -2.42. The number of ether oxygens (including phenoxy) is 2. The number of carbonyl (C=O) groups is 1. The first-order chi connectivity index (χ1) is 14.5. The largest absolute Gasteiger partial charge is 0.494 e. The fourth-order valence-corrected chi connectivity index (χ4v) is 3.67. The standard InChI is InChI=1S/C24H24FNO4/c1-3-28-19-7-9-20(10-8-19)29-15-21-11-13-23(30-21)24(27)26-16(2)4-5-17-14-18(25)6-12-22(17)26/h6-14,16H,3-5,15H2,1-2H3. The predicted octanol–water partition coefficient (Wildman–Crippen LogP) is 5.38. The maximum absolute atomic E-state index is 13.6. The third-order valence-electron chi connectivity index (χ3n) is 5.18. The molecule has 30 heavy (non-hydrogen) atoms. The summed E-state index contributed by atoms with van der Waals surface area (Å²) >= 11 is 0. The number of nitrogens with zero attached hydrogens (tertiary/aromatic N) is 1. The number of carbonyl (C=O) groups excluding carboxylic acids is 1. The normalized spacial score (nSPS) is 15.6. The van der Waals surface area contributed by atoms with Crippen molar-refractivity contribution < 1.29 is 23.1 Å². The van der Waals surface area contributed by atoms with Gasteiger partial charge in [-0.05, 0) is 86.8 Å². The first-order valence-corrected chi connectivity index (χ1v) is 10.1. The lowest BCUT2D eigenvalue weighted by Gasteiger charge is -2.34. The van der Waals surface area contributed by atoms with Crippen molar-refractivity contribution in [2.24, 2.45) is 0 Å². The average molecular weight is 409 g/mol. The van der Waals surface area contributed by atoms with E-state index in [0.717, 1.165) is 29.8 Å². The number of aryl methyl sites for hydroxylation is 1. The molecule has 156 valence electrons. The van der Waals surface area contributed by atoms with E-state index in [2.05, 4.69) is 0 Å². The molecule has 1 atom stereocenters. The molecule has 0 saturated carbocycles. The fourth-order valence-electron chi connectivity index (χ4n) is 3.67. The number of hydrogen-bond acceptors (Lipinski definition) is 4. The monoisotopic (exact) mass is 409 g/mol. The zero-order valence-electron chi connectivity index (χ0n) is 17.1. The van der Waals surface area contributed by atoms with Crippen LogP contribution in [0.25, 0.3) is 0 Å². The molecule has 0 aliphatic carbocycles. The smallest absolute Gasteiger partial charge is 0.294 e. The van der Waals surface area contributed by atoms with E-state index in [1.54, 1.807) is 23.1 Å². The zero-order valence-corrected chi connectivity index (χ0v) is 17.1. The van der Waals surface area contributed by atoms with Gasteiger partial charge in [0, 0.05) is 11.7 Å². The van der Waals surface area contributed by atoms with Gasteiger partial charge in [0.2, 0.25) is 0 Å². The Bertz CT molecular complexity index is 1030. The SMILES string of the molecule is CCOc1ccc(OCc2ccc(C(=O)N3c4ccc(F)cc4CCC3C)o2)cc1. The molecule has 1 unspecified atom stereocenters. The van der Waals surface area contributed by atoms with E-state index < -0.39 is 0 Å². The lowest BCUT2D eigenvalue weighted by molar-refractivity contribution is 0.0944. The summed E-state index contributed by atoms with van der Waals surface area (Å²) in [5.41, 5.74) is 1.58. The molecule has 1 amide bonds. The molecule has 0 spiro atoms. The quantitative estimate of drug-likeness (QED) is 0.549. The van der Waals surface area contributed by atoms with E-state index in [-0.39, 0.29) is 30.1 Å². The van der Waals surface area contributed by atoms with Crippen molar-refractivity contribution in [2.45, 2.75) is 39.3 Å². The highest BCUT2D eigenvalue weighted by molar-refractivity contribution is 6.05. The molecule has 5 nitrogen and oxygen atoms in total. The van der Waals surface area contributed by atoms with Crippen LogP contribution in [0.5, 0.6) is 11.5 Å². The minimum Gasteiger partial charge on any atom is -0.494 e. The predicted molar refractivity (Wildman–Crippen MR) is 112 cm³/mol. The van der Waals surface area contributed by atoms with Crippen LogP contribution >= 0.6 is 0 Å². The van der Waals surface area contributed by atoms with Crippen LogP contribution in [0.4, 0.5) is 10.1 Å². The van der Waals surface area contributed by atoms with E-state index in [4.69, 9.17) is 13.9 Å². The van der Waals surface area contributed by atoms with Gasteiger partial charge in [-0.3, -0.25) is 4.79 Å². The van der Waals surface area contributed by atoms with Crippen LogP contribution < -0.4 is 14.4 Å². The second-order valence-electron chi connectivity index (χ2n) is 7.29. The van der Waals surface area contributed by atoms with E-state index in [1.807, 2.05) is 38.1 Å². The Labute approximate surface area is 175 Å². The summed E-state index contributed by atoms with van der Waals surface area (Å²) in [6.45, 7) is 4.74. The van der Waals surface area contributed by atoms with Crippen LogP contribution in [-0.2, 0) is 13.0 Å². The summed E-state index contributed by atoms with van der Waals surface area (Å²) in [7, 11) is 0. The fraction of sp³-hybridized carbons (Fsp3) is 0.292. The second-order valence-corrected chi connectivity index (χ2v) is 7.29. The molecule has 6 heteroatoms. The highest BCUT2D eigenvalue weighted by atomic mass is 19.1. The molecular weight excluding hydrogens is 385 g/mol. The molecule has 2 heterocycles. The maximum atomic E-state index is 13.6. The van der Waals surface area contributed by atoms with Crippen LogP contribution in [0.15, 0.2) is 59.0 Å². The molecule has 4 rings (SSSR count). The number of fused-ring (bicyclic) bond motifs is 1. The third kappa shape index (κ3) is 4.17. The molecule has 0 fully saturated rings. The van der Waals surface area contributed by atoms with Gasteiger partial charge in [-0.2, -0.15) is 0 Å². The van der Waals surface area contributed by atoms with Crippen molar-refractivity contribution in [1.82, 2.24) is 0 Å². The van der Waals surface area contributed by atoms with Crippen molar-refractivity contribution in [3.8, 4) is 11.5 Å². The Morgan fingerprint density at radius 2 is 1.83 bits per heavy atom. The van der Waals surface area contributed by atoms with Crippen LogP contribution in [0, 0.1) is 5.82 Å². The molecule has 3 aromatic rings. The summed E-state index contributed by atoms with van der Waals surface area (Å²) in [6.07, 6.45) is 1.52. The van der Waals surface area contributed by atoms with Crippen LogP contribution in [-0.4, -0.2) is 18.6 Å². The second kappa shape index (κ2) is 8.61. The molecule has 2 aromatic carbocycles. The average Bonchev–Trinajstić information content (AvgIpc) is 3.22. The Balaban J connectivity index is 1.45. The lowest BCUT2D eigenvalue weighted by atomic mass is 9.96. The van der Waals surface area contributed by atoms with Crippen LogP contribution in [0.2, 0.25) is 0 Å². The summed E-state index contributed by atoms with van der Waals surface area (Å²) in [4.78, 5) is 14.8. The van der Waals surface area contributed by atoms with E-state index >= 15 is 0 Å². The van der Waals surface area contributed by atoms with Gasteiger partial charge >= 0.3 is 0 Å². The number of anilines is 1. The van der Waals surface area contributed by atoms with Gasteiger partial charge in [-0.1, -0.05) is 0 Å². The Hall–Kier alpha value is -3.28. The minimum atomic E-state index is -0.289. The minimum absolute atomic E-state index is 0.00381. The Kier molecular flexibility index (Phi) is 5.74. The van der Waals surface area contributed by atoms with Crippen LogP contribution in [0.1, 0.15) is 42.1 Å². The van der Waals surface area contributed by atoms with Crippen molar-refractivity contribution >= 4 is 11.6 Å². The third-order valence-corrected chi connectivity index (χ3v) is 5.18. The van der Waals surface area contributed by atoms with Gasteiger partial charge in [0.1, 0.15) is 29.7 Å². The van der Waals surface area contributed by atoms with Crippen molar-refractivity contribution in [1.29, 1.82) is 0 Å². The van der Waals surface area contributed by atoms with E-state index in [1.165, 1.54) is 12.1 Å². The van der Waals surface area contributed by atoms with Crippen LogP contribution in [0.3, 0.4) is 0 Å². The van der Waals surface area contributed by atoms with Crippen molar-refractivity contribution in [3.05, 3.63) is 77.5 Å². The van der Waals surface area contributed by atoms with Crippen molar-refractivity contribution in [3.63, 3.8) is 0 Å². The van der Waals surface area contributed by atoms with E-state index in [0.29, 0.717) is 18.1 Å². The first-order valence-electron chi connectivity index (χ1n) is 10.1. The van der Waals surface area contributed by atoms with Crippen molar-refractivity contribution in [2.75, 3.05) is 11.5 Å². The maximum Gasteiger partial charge on any atom is 0.294 e. The van der Waals surface area contributed by atoms with Gasteiger partial charge in [-0.15, -0.1) is 0 Å². The molecule has 0 saturated heterocycles. The molecular formula is C24H24FNO4. The van der Waals surface area contributed by atoms with Gasteiger partial charge in [0.05, 0.1) is 6.61 Å². The zero-order chi connectivity index (χ0) is 21.1. The molecule has 1 aromatic heterocycles. The summed E-state index contributed by atoms with van der Waals surface area (Å²) < 4.78 is 30.5. The first kappa shape index (κ1) is 20.0. The molecule has 1 aliphatic rings. The summed E-state index contributed by atoms with van der Waals surface area (Å²) in [5.74, 6) is 1.74. The summed E-state index contributed by atoms with van der Waals surface area (Å²) in [5, 5.41) is 0. The topological polar surface area (TPSA) is 51.9 Å². The van der Waals surface area contributed by atoms with Gasteiger partial charge in [0.15, 0.2) is 5.76 Å². The number of halogens is 1. The summed E-state index contributed by atoms with van der Waals surface area (Å²) in [6, 6.07) is 15.3. The highest BCUT2D eigenvalue weighted by Crippen LogP contribution is 2.33. The number of hydrogen-bond donors (Lipinski definition) is 0.